The van der Waals surface area contributed by atoms with E-state index in [-0.39, 0.29) is 11.7 Å². The van der Waals surface area contributed by atoms with Crippen molar-refractivity contribution in [3.63, 3.8) is 0 Å². The third-order valence-corrected chi connectivity index (χ3v) is 2.45. The van der Waals surface area contributed by atoms with Gasteiger partial charge in [0.15, 0.2) is 0 Å². The molecule has 2 N–H and O–H groups in total. The summed E-state index contributed by atoms with van der Waals surface area (Å²) in [6.07, 6.45) is 0.868. The third-order valence-electron chi connectivity index (χ3n) is 2.45. The molecule has 1 aromatic rings. The van der Waals surface area contributed by atoms with Crippen molar-refractivity contribution in [3.05, 3.63) is 22.2 Å². The molecule has 1 rings (SSSR count). The zero-order valence-electron chi connectivity index (χ0n) is 11.5. The molecular formula is C12H18N4O4. The average Bonchev–Trinajstić information content (AvgIpc) is 2.43. The van der Waals surface area contributed by atoms with Gasteiger partial charge in [-0.25, -0.2) is 4.98 Å². The van der Waals surface area contributed by atoms with Crippen LogP contribution in [0.5, 0.6) is 0 Å². The zero-order valence-corrected chi connectivity index (χ0v) is 11.5. The van der Waals surface area contributed by atoms with Gasteiger partial charge in [-0.05, 0) is 13.3 Å². The minimum Gasteiger partial charge on any atom is -0.466 e. The number of nitro groups is 1. The monoisotopic (exact) mass is 282 g/mol. The van der Waals surface area contributed by atoms with E-state index < -0.39 is 4.92 Å². The normalized spacial score (nSPS) is 9.90. The number of esters is 1. The van der Waals surface area contributed by atoms with Crippen LogP contribution in [0.3, 0.4) is 0 Å². The molecule has 20 heavy (non-hydrogen) atoms. The lowest BCUT2D eigenvalue weighted by molar-refractivity contribution is -0.384. The van der Waals surface area contributed by atoms with Gasteiger partial charge in [-0.3, -0.25) is 14.9 Å². The Labute approximate surface area is 116 Å². The molecule has 0 radical (unpaired) electrons. The maximum absolute atomic E-state index is 11.1. The highest BCUT2D eigenvalue weighted by Crippen LogP contribution is 2.20. The van der Waals surface area contributed by atoms with Gasteiger partial charge < -0.3 is 15.4 Å². The van der Waals surface area contributed by atoms with E-state index in [4.69, 9.17) is 4.74 Å². The van der Waals surface area contributed by atoms with E-state index in [0.29, 0.717) is 37.6 Å². The Balaban J connectivity index is 2.53. The van der Waals surface area contributed by atoms with E-state index in [2.05, 4.69) is 15.6 Å². The van der Waals surface area contributed by atoms with Gasteiger partial charge in [-0.2, -0.15) is 0 Å². The number of anilines is 2. The highest BCUT2D eigenvalue weighted by Gasteiger charge is 2.10. The van der Waals surface area contributed by atoms with Gasteiger partial charge in [-0.15, -0.1) is 0 Å². The number of ether oxygens (including phenoxy) is 1. The fourth-order valence-electron chi connectivity index (χ4n) is 1.52. The van der Waals surface area contributed by atoms with E-state index in [0.717, 1.165) is 0 Å². The predicted molar refractivity (Wildman–Crippen MR) is 74.8 cm³/mol. The summed E-state index contributed by atoms with van der Waals surface area (Å²) in [5.74, 6) is 0.553. The number of aromatic nitrogens is 1. The highest BCUT2D eigenvalue weighted by molar-refractivity contribution is 5.69. The first-order chi connectivity index (χ1) is 9.56. The highest BCUT2D eigenvalue weighted by atomic mass is 16.6. The molecule has 0 aromatic carbocycles. The van der Waals surface area contributed by atoms with Crippen molar-refractivity contribution in [2.75, 3.05) is 30.8 Å². The van der Waals surface area contributed by atoms with Gasteiger partial charge in [-0.1, -0.05) is 0 Å². The average molecular weight is 282 g/mol. The van der Waals surface area contributed by atoms with Crippen LogP contribution in [0.15, 0.2) is 12.1 Å². The van der Waals surface area contributed by atoms with Gasteiger partial charge in [0.2, 0.25) is 0 Å². The van der Waals surface area contributed by atoms with Gasteiger partial charge in [0.25, 0.3) is 5.69 Å². The molecule has 110 valence electrons. The molecule has 0 unspecified atom stereocenters. The lowest BCUT2D eigenvalue weighted by Crippen LogP contribution is -2.09. The molecule has 1 heterocycles. The third kappa shape index (κ3) is 5.09. The van der Waals surface area contributed by atoms with Crippen LogP contribution in [-0.4, -0.2) is 36.1 Å². The smallest absolute Gasteiger partial charge is 0.305 e. The number of carbonyl (C=O) groups excluding carboxylic acids is 1. The van der Waals surface area contributed by atoms with E-state index in [9.17, 15) is 14.9 Å². The largest absolute Gasteiger partial charge is 0.466 e. The van der Waals surface area contributed by atoms with E-state index >= 15 is 0 Å². The van der Waals surface area contributed by atoms with Gasteiger partial charge in [0.1, 0.15) is 11.6 Å². The molecule has 0 fully saturated rings. The summed E-state index contributed by atoms with van der Waals surface area (Å²) in [5.41, 5.74) is -0.0442. The van der Waals surface area contributed by atoms with Crippen LogP contribution in [0.25, 0.3) is 0 Å². The number of pyridine rings is 1. The first-order valence-corrected chi connectivity index (χ1v) is 6.30. The van der Waals surface area contributed by atoms with Crippen LogP contribution in [0.2, 0.25) is 0 Å². The molecule has 0 amide bonds. The summed E-state index contributed by atoms with van der Waals surface area (Å²) in [5, 5.41) is 16.5. The minimum atomic E-state index is -0.480. The van der Waals surface area contributed by atoms with Crippen molar-refractivity contribution in [1.82, 2.24) is 4.98 Å². The molecule has 0 saturated carbocycles. The maximum Gasteiger partial charge on any atom is 0.305 e. The van der Waals surface area contributed by atoms with Gasteiger partial charge >= 0.3 is 5.97 Å². The number of rotatable bonds is 8. The molecule has 0 aliphatic heterocycles. The summed E-state index contributed by atoms with van der Waals surface area (Å²) in [6, 6.07) is 2.70. The second-order valence-corrected chi connectivity index (χ2v) is 3.94. The minimum absolute atomic E-state index is 0.0442. The van der Waals surface area contributed by atoms with Crippen LogP contribution >= 0.6 is 0 Å². The summed E-state index contributed by atoms with van der Waals surface area (Å²) < 4.78 is 4.80. The Kier molecular flexibility index (Phi) is 6.21. The van der Waals surface area contributed by atoms with Crippen molar-refractivity contribution < 1.29 is 14.5 Å². The van der Waals surface area contributed by atoms with E-state index in [1.165, 1.54) is 12.1 Å². The van der Waals surface area contributed by atoms with Gasteiger partial charge in [0, 0.05) is 20.0 Å². The standard InChI is InChI=1S/C12H18N4O4/c1-3-20-12(17)5-4-6-14-11-8-9(16(18)19)7-10(13-2)15-11/h7-8H,3-6H2,1-2H3,(H2,13,14,15). The van der Waals surface area contributed by atoms with Crippen LogP contribution < -0.4 is 10.6 Å². The first kappa shape index (κ1) is 15.7. The molecule has 0 aliphatic carbocycles. The van der Waals surface area contributed by atoms with Crippen LogP contribution in [0, 0.1) is 10.1 Å². The number of nitrogens with zero attached hydrogens (tertiary/aromatic N) is 2. The summed E-state index contributed by atoms with van der Waals surface area (Å²) in [7, 11) is 1.64. The number of hydrogen-bond acceptors (Lipinski definition) is 7. The van der Waals surface area contributed by atoms with Crippen molar-refractivity contribution in [3.8, 4) is 0 Å². The van der Waals surface area contributed by atoms with E-state index in [1.807, 2.05) is 0 Å². The summed E-state index contributed by atoms with van der Waals surface area (Å²) in [4.78, 5) is 25.6. The van der Waals surface area contributed by atoms with Crippen molar-refractivity contribution in [2.45, 2.75) is 19.8 Å². The van der Waals surface area contributed by atoms with Gasteiger partial charge in [0.05, 0.1) is 23.7 Å². The lowest BCUT2D eigenvalue weighted by Gasteiger charge is -2.07. The molecule has 0 aliphatic rings. The molecule has 1 aromatic heterocycles. The van der Waals surface area contributed by atoms with Crippen molar-refractivity contribution >= 4 is 23.3 Å². The maximum atomic E-state index is 11.1. The Morgan fingerprint density at radius 1 is 1.45 bits per heavy atom. The van der Waals surface area contributed by atoms with E-state index in [1.54, 1.807) is 14.0 Å². The molecule has 8 heteroatoms. The topological polar surface area (TPSA) is 106 Å². The molecule has 0 saturated heterocycles. The van der Waals surface area contributed by atoms with Crippen LogP contribution in [0.1, 0.15) is 19.8 Å². The Morgan fingerprint density at radius 2 is 2.15 bits per heavy atom. The van der Waals surface area contributed by atoms with Crippen LogP contribution in [-0.2, 0) is 9.53 Å². The lowest BCUT2D eigenvalue weighted by atomic mass is 10.3. The number of nitrogens with one attached hydrogen (secondary N) is 2. The second-order valence-electron chi connectivity index (χ2n) is 3.94. The van der Waals surface area contributed by atoms with Crippen molar-refractivity contribution in [1.29, 1.82) is 0 Å². The fourth-order valence-corrected chi connectivity index (χ4v) is 1.52. The number of carbonyl (C=O) groups is 1. The summed E-state index contributed by atoms with van der Waals surface area (Å²) >= 11 is 0. The zero-order chi connectivity index (χ0) is 15.0. The number of hydrogen-bond donors (Lipinski definition) is 2. The Bertz CT molecular complexity index is 479. The molecule has 0 spiro atoms. The molecule has 0 atom stereocenters. The SMILES string of the molecule is CCOC(=O)CCCNc1cc([N+](=O)[O-])cc(NC)n1. The quantitative estimate of drug-likeness (QED) is 0.324. The second kappa shape index (κ2) is 7.93. The molecular weight excluding hydrogens is 264 g/mol. The molecule has 8 nitrogen and oxygen atoms in total. The van der Waals surface area contributed by atoms with Crippen molar-refractivity contribution in [2.24, 2.45) is 0 Å². The summed E-state index contributed by atoms with van der Waals surface area (Å²) in [6.45, 7) is 2.60. The predicted octanol–water partition coefficient (Wildman–Crippen LogP) is 1.79. The fraction of sp³-hybridized carbons (Fsp3) is 0.500. The Hall–Kier alpha value is -2.38. The van der Waals surface area contributed by atoms with Crippen LogP contribution in [0.4, 0.5) is 17.3 Å². The Morgan fingerprint density at radius 3 is 2.75 bits per heavy atom. The first-order valence-electron chi connectivity index (χ1n) is 6.30. The molecule has 0 bridgehead atoms.